The smallest absolute Gasteiger partial charge is 0.244 e. The zero-order valence-electron chi connectivity index (χ0n) is 14.4. The van der Waals surface area contributed by atoms with E-state index in [1.165, 1.54) is 14.2 Å². The van der Waals surface area contributed by atoms with Crippen LogP contribution in [0.2, 0.25) is 0 Å². The number of carbonyl (C=O) groups excluding carboxylic acids is 3. The molecular formula is C18H22N2O5. The number of hydrogen-bond donors (Lipinski definition) is 1. The number of ether oxygens (including phenoxy) is 2. The lowest BCUT2D eigenvalue weighted by atomic mass is 9.81. The predicted molar refractivity (Wildman–Crippen MR) is 90.3 cm³/mol. The van der Waals surface area contributed by atoms with Crippen molar-refractivity contribution in [3.8, 4) is 11.5 Å². The lowest BCUT2D eigenvalue weighted by molar-refractivity contribution is -0.142. The van der Waals surface area contributed by atoms with Crippen molar-refractivity contribution < 1.29 is 23.9 Å². The number of carbonyl (C=O) groups is 3. The molecule has 25 heavy (non-hydrogen) atoms. The molecule has 7 heteroatoms. The van der Waals surface area contributed by atoms with E-state index >= 15 is 0 Å². The average molecular weight is 346 g/mol. The summed E-state index contributed by atoms with van der Waals surface area (Å²) in [5.41, 5.74) is 0.463. The number of anilines is 1. The highest BCUT2D eigenvalue weighted by Gasteiger charge is 2.48. The van der Waals surface area contributed by atoms with E-state index in [1.54, 1.807) is 18.2 Å². The first kappa shape index (κ1) is 17.3. The van der Waals surface area contributed by atoms with Gasteiger partial charge in [-0.25, -0.2) is 0 Å². The van der Waals surface area contributed by atoms with Crippen LogP contribution < -0.4 is 14.8 Å². The summed E-state index contributed by atoms with van der Waals surface area (Å²) in [5.74, 6) is -0.305. The number of hydrogen-bond acceptors (Lipinski definition) is 5. The minimum absolute atomic E-state index is 0.216. The Morgan fingerprint density at radius 1 is 1.12 bits per heavy atom. The van der Waals surface area contributed by atoms with Gasteiger partial charge in [-0.05, 0) is 25.0 Å². The molecule has 7 nitrogen and oxygen atoms in total. The summed E-state index contributed by atoms with van der Waals surface area (Å²) in [6.45, 7) is -0.264. The summed E-state index contributed by atoms with van der Waals surface area (Å²) < 4.78 is 10.4. The first-order valence-electron chi connectivity index (χ1n) is 8.42. The fourth-order valence-electron chi connectivity index (χ4n) is 3.62. The van der Waals surface area contributed by atoms with Gasteiger partial charge in [0.2, 0.25) is 17.7 Å². The molecule has 134 valence electrons. The van der Waals surface area contributed by atoms with Gasteiger partial charge in [0.15, 0.2) is 0 Å². The second-order valence-electron chi connectivity index (χ2n) is 6.37. The predicted octanol–water partition coefficient (Wildman–Crippen LogP) is 1.82. The van der Waals surface area contributed by atoms with Crippen LogP contribution in [0.25, 0.3) is 0 Å². The number of nitrogens with one attached hydrogen (secondary N) is 1. The first-order chi connectivity index (χ1) is 12.0. The van der Waals surface area contributed by atoms with E-state index in [2.05, 4.69) is 5.32 Å². The van der Waals surface area contributed by atoms with Crippen molar-refractivity contribution in [2.45, 2.75) is 25.7 Å². The summed E-state index contributed by atoms with van der Waals surface area (Å²) in [4.78, 5) is 38.3. The SMILES string of the molecule is COc1ccc(NC(=O)CN2C(=O)[C@H]3CCCC[C@@H]3C2=O)c(OC)c1. The van der Waals surface area contributed by atoms with E-state index in [1.807, 2.05) is 0 Å². The molecule has 1 aromatic carbocycles. The molecule has 3 amide bonds. The van der Waals surface area contributed by atoms with Crippen LogP contribution in [-0.2, 0) is 14.4 Å². The summed E-state index contributed by atoms with van der Waals surface area (Å²) in [6, 6.07) is 5.00. The van der Waals surface area contributed by atoms with Crippen LogP contribution in [0.15, 0.2) is 18.2 Å². The highest BCUT2D eigenvalue weighted by atomic mass is 16.5. The van der Waals surface area contributed by atoms with Crippen LogP contribution in [0.3, 0.4) is 0 Å². The van der Waals surface area contributed by atoms with Crippen molar-refractivity contribution in [2.75, 3.05) is 26.1 Å². The molecule has 0 radical (unpaired) electrons. The molecule has 0 aromatic heterocycles. The number of amides is 3. The van der Waals surface area contributed by atoms with Crippen LogP contribution in [0.4, 0.5) is 5.69 Å². The Hall–Kier alpha value is -2.57. The molecule has 1 saturated carbocycles. The van der Waals surface area contributed by atoms with Crippen molar-refractivity contribution in [1.82, 2.24) is 4.90 Å². The van der Waals surface area contributed by atoms with Gasteiger partial charge in [0, 0.05) is 6.07 Å². The topological polar surface area (TPSA) is 84.9 Å². The monoisotopic (exact) mass is 346 g/mol. The van der Waals surface area contributed by atoms with E-state index < -0.39 is 5.91 Å². The van der Waals surface area contributed by atoms with Gasteiger partial charge in [0.1, 0.15) is 18.0 Å². The number of imide groups is 1. The van der Waals surface area contributed by atoms with E-state index in [4.69, 9.17) is 9.47 Å². The summed E-state index contributed by atoms with van der Waals surface area (Å²) in [7, 11) is 3.03. The van der Waals surface area contributed by atoms with Crippen LogP contribution in [0.5, 0.6) is 11.5 Å². The largest absolute Gasteiger partial charge is 0.497 e. The van der Waals surface area contributed by atoms with Crippen LogP contribution in [0, 0.1) is 11.8 Å². The molecule has 2 aliphatic rings. The van der Waals surface area contributed by atoms with Crippen molar-refractivity contribution in [1.29, 1.82) is 0 Å². The van der Waals surface area contributed by atoms with E-state index in [-0.39, 0.29) is 30.2 Å². The van der Waals surface area contributed by atoms with Crippen LogP contribution >= 0.6 is 0 Å². The van der Waals surface area contributed by atoms with Gasteiger partial charge in [-0.15, -0.1) is 0 Å². The normalized spacial score (nSPS) is 22.6. The number of likely N-dealkylation sites (tertiary alicyclic amines) is 1. The Labute approximate surface area is 146 Å². The Kier molecular flexibility index (Phi) is 4.92. The maximum absolute atomic E-state index is 12.4. The molecule has 1 aliphatic heterocycles. The van der Waals surface area contributed by atoms with Gasteiger partial charge in [-0.3, -0.25) is 19.3 Å². The van der Waals surface area contributed by atoms with Gasteiger partial charge < -0.3 is 14.8 Å². The second-order valence-corrected chi connectivity index (χ2v) is 6.37. The number of benzene rings is 1. The highest BCUT2D eigenvalue weighted by molar-refractivity contribution is 6.08. The van der Waals surface area contributed by atoms with Crippen LogP contribution in [-0.4, -0.2) is 43.4 Å². The Balaban J connectivity index is 1.69. The third-order valence-corrected chi connectivity index (χ3v) is 4.92. The van der Waals surface area contributed by atoms with Crippen molar-refractivity contribution in [3.05, 3.63) is 18.2 Å². The summed E-state index contributed by atoms with van der Waals surface area (Å²) in [6.07, 6.45) is 3.39. The molecule has 1 aromatic rings. The summed E-state index contributed by atoms with van der Waals surface area (Å²) in [5, 5.41) is 2.70. The zero-order valence-corrected chi connectivity index (χ0v) is 14.4. The molecule has 1 aliphatic carbocycles. The van der Waals surface area contributed by atoms with E-state index in [9.17, 15) is 14.4 Å². The molecule has 0 unspecified atom stereocenters. The fraction of sp³-hybridized carbons (Fsp3) is 0.500. The first-order valence-corrected chi connectivity index (χ1v) is 8.42. The van der Waals surface area contributed by atoms with Gasteiger partial charge >= 0.3 is 0 Å². The number of fused-ring (bicyclic) bond motifs is 1. The van der Waals surface area contributed by atoms with Gasteiger partial charge in [0.05, 0.1) is 31.7 Å². The van der Waals surface area contributed by atoms with Crippen molar-refractivity contribution >= 4 is 23.4 Å². The molecule has 0 bridgehead atoms. The standard InChI is InChI=1S/C18H22N2O5/c1-24-11-7-8-14(15(9-11)25-2)19-16(21)10-20-17(22)12-5-3-4-6-13(12)18(20)23/h7-9,12-13H,3-6,10H2,1-2H3,(H,19,21)/t12-,13-/m0/s1. The molecule has 1 heterocycles. The Morgan fingerprint density at radius 2 is 1.76 bits per heavy atom. The minimum Gasteiger partial charge on any atom is -0.497 e. The van der Waals surface area contributed by atoms with Crippen molar-refractivity contribution in [3.63, 3.8) is 0 Å². The molecule has 2 atom stereocenters. The number of methoxy groups -OCH3 is 2. The second kappa shape index (κ2) is 7.13. The molecule has 2 fully saturated rings. The van der Waals surface area contributed by atoms with E-state index in [0.717, 1.165) is 30.6 Å². The van der Waals surface area contributed by atoms with Crippen LogP contribution in [0.1, 0.15) is 25.7 Å². The van der Waals surface area contributed by atoms with Gasteiger partial charge in [0.25, 0.3) is 0 Å². The molecule has 1 saturated heterocycles. The van der Waals surface area contributed by atoms with Crippen molar-refractivity contribution in [2.24, 2.45) is 11.8 Å². The Morgan fingerprint density at radius 3 is 2.32 bits per heavy atom. The maximum Gasteiger partial charge on any atom is 0.244 e. The Bertz CT molecular complexity index is 679. The molecule has 1 N–H and O–H groups in total. The molecule has 3 rings (SSSR count). The lowest BCUT2D eigenvalue weighted by Crippen LogP contribution is -2.38. The molecule has 0 spiro atoms. The third-order valence-electron chi connectivity index (χ3n) is 4.92. The minimum atomic E-state index is -0.427. The summed E-state index contributed by atoms with van der Waals surface area (Å²) >= 11 is 0. The van der Waals surface area contributed by atoms with Gasteiger partial charge in [-0.1, -0.05) is 12.8 Å². The fourth-order valence-corrected chi connectivity index (χ4v) is 3.62. The molecular weight excluding hydrogens is 324 g/mol. The van der Waals surface area contributed by atoms with Gasteiger partial charge in [-0.2, -0.15) is 0 Å². The number of nitrogens with zero attached hydrogens (tertiary/aromatic N) is 1. The average Bonchev–Trinajstić information content (AvgIpc) is 2.87. The highest BCUT2D eigenvalue weighted by Crippen LogP contribution is 2.38. The maximum atomic E-state index is 12.4. The quantitative estimate of drug-likeness (QED) is 0.822. The number of rotatable bonds is 5. The van der Waals surface area contributed by atoms with E-state index in [0.29, 0.717) is 17.2 Å². The lowest BCUT2D eigenvalue weighted by Gasteiger charge is -2.19. The third kappa shape index (κ3) is 3.31. The zero-order chi connectivity index (χ0) is 18.0.